The number of aromatic nitrogens is 3. The van der Waals surface area contributed by atoms with Crippen LogP contribution in [-0.2, 0) is 4.79 Å². The number of hydrogen-bond acceptors (Lipinski definition) is 6. The van der Waals surface area contributed by atoms with Gasteiger partial charge in [0.25, 0.3) is 17.1 Å². The Kier molecular flexibility index (Phi) is 4.71. The van der Waals surface area contributed by atoms with Crippen LogP contribution in [0.4, 0.5) is 4.79 Å². The molecule has 1 aliphatic rings. The number of amides is 3. The van der Waals surface area contributed by atoms with Crippen molar-refractivity contribution >= 4 is 34.9 Å². The highest BCUT2D eigenvalue weighted by Crippen LogP contribution is 2.31. The largest absolute Gasteiger partial charge is 0.349 e. The number of nitrogens with zero attached hydrogens (tertiary/aromatic N) is 3. The number of carbonyl (C=O) groups excluding carboxylic acids is 3. The summed E-state index contributed by atoms with van der Waals surface area (Å²) in [6, 6.07) is 5.08. The molecule has 1 fully saturated rings. The van der Waals surface area contributed by atoms with E-state index in [1.165, 1.54) is 12.3 Å². The lowest BCUT2D eigenvalue weighted by Gasteiger charge is -2.12. The van der Waals surface area contributed by atoms with Crippen molar-refractivity contribution in [3.63, 3.8) is 0 Å². The van der Waals surface area contributed by atoms with Crippen LogP contribution in [0.15, 0.2) is 41.7 Å². The van der Waals surface area contributed by atoms with Gasteiger partial charge in [0.1, 0.15) is 5.69 Å². The molecule has 2 N–H and O–H groups in total. The molecule has 3 amide bonds. The number of H-pyrrole nitrogens is 1. The second-order valence-corrected chi connectivity index (χ2v) is 5.84. The van der Waals surface area contributed by atoms with E-state index in [4.69, 9.17) is 0 Å². The third-order valence-corrected chi connectivity index (χ3v) is 4.13. The monoisotopic (exact) mass is 343 g/mol. The molecule has 0 aliphatic carbocycles. The minimum Gasteiger partial charge on any atom is -0.349 e. The van der Waals surface area contributed by atoms with Crippen LogP contribution in [0, 0.1) is 0 Å². The zero-order valence-corrected chi connectivity index (χ0v) is 13.2. The van der Waals surface area contributed by atoms with Crippen molar-refractivity contribution in [2.24, 2.45) is 0 Å². The van der Waals surface area contributed by atoms with Crippen LogP contribution < -0.4 is 5.32 Å². The summed E-state index contributed by atoms with van der Waals surface area (Å²) < 4.78 is 0. The summed E-state index contributed by atoms with van der Waals surface area (Å²) >= 11 is 0.875. The van der Waals surface area contributed by atoms with Crippen LogP contribution in [0.3, 0.4) is 0 Å². The van der Waals surface area contributed by atoms with Gasteiger partial charge in [-0.1, -0.05) is 6.07 Å². The normalized spacial score (nSPS) is 16.0. The van der Waals surface area contributed by atoms with Crippen LogP contribution in [0.5, 0.6) is 0 Å². The van der Waals surface area contributed by atoms with Gasteiger partial charge < -0.3 is 5.32 Å². The molecule has 24 heavy (non-hydrogen) atoms. The molecule has 2 aromatic heterocycles. The van der Waals surface area contributed by atoms with Gasteiger partial charge in [-0.2, -0.15) is 5.10 Å². The molecule has 0 atom stereocenters. The van der Waals surface area contributed by atoms with Gasteiger partial charge in [-0.05, 0) is 35.5 Å². The number of imide groups is 1. The molecule has 122 valence electrons. The van der Waals surface area contributed by atoms with Crippen LogP contribution in [-0.4, -0.2) is 50.2 Å². The molecular weight excluding hydrogens is 330 g/mol. The highest BCUT2D eigenvalue weighted by atomic mass is 32.2. The molecular formula is C15H13N5O3S. The Hall–Kier alpha value is -2.94. The van der Waals surface area contributed by atoms with Crippen LogP contribution >= 0.6 is 11.8 Å². The van der Waals surface area contributed by atoms with E-state index in [0.29, 0.717) is 10.6 Å². The van der Waals surface area contributed by atoms with Gasteiger partial charge in [0.15, 0.2) is 0 Å². The van der Waals surface area contributed by atoms with Crippen LogP contribution in [0.25, 0.3) is 6.08 Å². The molecule has 1 saturated heterocycles. The fourth-order valence-corrected chi connectivity index (χ4v) is 2.93. The standard InChI is InChI=1S/C15H13N5O3S/c21-13(11-3-5-18-19-11)17-6-7-20-14(22)12(24-15(20)23)8-10-2-1-4-16-9-10/h1-5,8-9H,6-7H2,(H,17,21)(H,18,19)/b12-8-. The molecule has 8 nitrogen and oxygen atoms in total. The van der Waals surface area contributed by atoms with Crippen LogP contribution in [0.2, 0.25) is 0 Å². The van der Waals surface area contributed by atoms with E-state index in [-0.39, 0.29) is 30.1 Å². The molecule has 1 aliphatic heterocycles. The molecule has 3 heterocycles. The number of carbonyl (C=O) groups is 3. The number of thioether (sulfide) groups is 1. The number of hydrogen-bond donors (Lipinski definition) is 2. The topological polar surface area (TPSA) is 108 Å². The third-order valence-electron chi connectivity index (χ3n) is 3.22. The molecule has 2 aromatic rings. The Morgan fingerprint density at radius 3 is 2.92 bits per heavy atom. The molecule has 0 unspecified atom stereocenters. The molecule has 0 spiro atoms. The Labute approximate surface area is 141 Å². The minimum absolute atomic E-state index is 0.106. The second kappa shape index (κ2) is 7.09. The van der Waals surface area contributed by atoms with E-state index in [2.05, 4.69) is 20.5 Å². The maximum atomic E-state index is 12.3. The van der Waals surface area contributed by atoms with E-state index in [1.807, 2.05) is 0 Å². The molecule has 3 rings (SSSR count). The average molecular weight is 343 g/mol. The van der Waals surface area contributed by atoms with E-state index in [0.717, 1.165) is 22.2 Å². The second-order valence-electron chi connectivity index (χ2n) is 4.85. The first-order valence-electron chi connectivity index (χ1n) is 7.08. The smallest absolute Gasteiger partial charge is 0.293 e. The summed E-state index contributed by atoms with van der Waals surface area (Å²) in [6.45, 7) is 0.269. The predicted molar refractivity (Wildman–Crippen MR) is 87.8 cm³/mol. The number of aromatic amines is 1. The zero-order valence-electron chi connectivity index (χ0n) is 12.4. The van der Waals surface area contributed by atoms with E-state index >= 15 is 0 Å². The quantitative estimate of drug-likeness (QED) is 0.792. The fraction of sp³-hybridized carbons (Fsp3) is 0.133. The Morgan fingerprint density at radius 1 is 1.33 bits per heavy atom. The maximum Gasteiger partial charge on any atom is 0.293 e. The van der Waals surface area contributed by atoms with Gasteiger partial charge in [-0.15, -0.1) is 0 Å². The van der Waals surface area contributed by atoms with Crippen molar-refractivity contribution < 1.29 is 14.4 Å². The van der Waals surface area contributed by atoms with Crippen molar-refractivity contribution in [3.05, 3.63) is 53.0 Å². The van der Waals surface area contributed by atoms with Crippen LogP contribution in [0.1, 0.15) is 16.1 Å². The molecule has 0 saturated carbocycles. The van der Waals surface area contributed by atoms with Gasteiger partial charge in [0.05, 0.1) is 4.91 Å². The Bertz CT molecular complexity index is 789. The number of pyridine rings is 1. The number of nitrogens with one attached hydrogen (secondary N) is 2. The Balaban J connectivity index is 1.59. The molecule has 0 radical (unpaired) electrons. The lowest BCUT2D eigenvalue weighted by atomic mass is 10.2. The highest BCUT2D eigenvalue weighted by Gasteiger charge is 2.34. The predicted octanol–water partition coefficient (Wildman–Crippen LogP) is 1.27. The van der Waals surface area contributed by atoms with Gasteiger partial charge in [-0.25, -0.2) is 0 Å². The number of rotatable bonds is 5. The first-order chi connectivity index (χ1) is 11.6. The van der Waals surface area contributed by atoms with Gasteiger partial charge in [0.2, 0.25) is 0 Å². The summed E-state index contributed by atoms with van der Waals surface area (Å²) in [4.78, 5) is 41.4. The van der Waals surface area contributed by atoms with Crippen molar-refractivity contribution in [3.8, 4) is 0 Å². The minimum atomic E-state index is -0.371. The lowest BCUT2D eigenvalue weighted by Crippen LogP contribution is -2.37. The summed E-state index contributed by atoms with van der Waals surface area (Å²) in [5, 5.41) is 8.49. The lowest BCUT2D eigenvalue weighted by molar-refractivity contribution is -0.122. The summed E-state index contributed by atoms with van der Waals surface area (Å²) in [7, 11) is 0. The van der Waals surface area contributed by atoms with Gasteiger partial charge in [-0.3, -0.25) is 29.4 Å². The van der Waals surface area contributed by atoms with Crippen molar-refractivity contribution in [2.75, 3.05) is 13.1 Å². The van der Waals surface area contributed by atoms with Crippen molar-refractivity contribution in [1.82, 2.24) is 25.4 Å². The Morgan fingerprint density at radius 2 is 2.21 bits per heavy atom. The van der Waals surface area contributed by atoms with E-state index in [1.54, 1.807) is 30.6 Å². The first kappa shape index (κ1) is 15.9. The van der Waals surface area contributed by atoms with Crippen molar-refractivity contribution in [2.45, 2.75) is 0 Å². The summed E-state index contributed by atoms with van der Waals surface area (Å²) in [5.41, 5.74) is 1.07. The zero-order chi connectivity index (χ0) is 16.9. The molecule has 9 heteroatoms. The molecule has 0 aromatic carbocycles. The van der Waals surface area contributed by atoms with E-state index in [9.17, 15) is 14.4 Å². The first-order valence-corrected chi connectivity index (χ1v) is 7.90. The summed E-state index contributed by atoms with van der Waals surface area (Å²) in [6.07, 6.45) is 6.33. The average Bonchev–Trinajstić information content (AvgIpc) is 3.20. The fourth-order valence-electron chi connectivity index (χ4n) is 2.06. The summed E-state index contributed by atoms with van der Waals surface area (Å²) in [5.74, 6) is -0.713. The van der Waals surface area contributed by atoms with Gasteiger partial charge >= 0.3 is 0 Å². The van der Waals surface area contributed by atoms with Gasteiger partial charge in [0, 0.05) is 31.7 Å². The van der Waals surface area contributed by atoms with E-state index < -0.39 is 0 Å². The highest BCUT2D eigenvalue weighted by molar-refractivity contribution is 8.18. The SMILES string of the molecule is O=C(NCCN1C(=O)S/C(=C\c2cccnc2)C1=O)c1ccn[nH]1. The van der Waals surface area contributed by atoms with Crippen molar-refractivity contribution in [1.29, 1.82) is 0 Å². The third kappa shape index (κ3) is 3.51. The maximum absolute atomic E-state index is 12.3. The molecule has 0 bridgehead atoms.